The summed E-state index contributed by atoms with van der Waals surface area (Å²) in [6.07, 6.45) is 5.79. The zero-order valence-electron chi connectivity index (χ0n) is 12.8. The first-order valence-electron chi connectivity index (χ1n) is 8.13. The summed E-state index contributed by atoms with van der Waals surface area (Å²) in [7, 11) is -1.20. The number of H-pyrrole nitrogens is 1. The molecular weight excluding hydrogens is 299 g/mol. The van der Waals surface area contributed by atoms with E-state index in [0.29, 0.717) is 16.5 Å². The molecule has 0 bridgehead atoms. The summed E-state index contributed by atoms with van der Waals surface area (Å²) in [6, 6.07) is 3.54. The van der Waals surface area contributed by atoms with E-state index >= 15 is 0 Å². The molecule has 1 aliphatic heterocycles. The molecule has 0 spiro atoms. The lowest BCUT2D eigenvalue weighted by atomic mass is 9.77. The van der Waals surface area contributed by atoms with Crippen molar-refractivity contribution in [1.82, 2.24) is 9.29 Å². The molecule has 2 heterocycles. The maximum atomic E-state index is 14.3. The van der Waals surface area contributed by atoms with Gasteiger partial charge >= 0.3 is 0 Å². The Morgan fingerprint density at radius 2 is 1.95 bits per heavy atom. The van der Waals surface area contributed by atoms with E-state index in [9.17, 15) is 8.60 Å². The molecule has 3 nitrogen and oxygen atoms in total. The molecule has 1 saturated heterocycles. The van der Waals surface area contributed by atoms with Crippen molar-refractivity contribution in [1.29, 1.82) is 0 Å². The number of nitrogens with zero attached hydrogens (tertiary/aromatic N) is 1. The van der Waals surface area contributed by atoms with Crippen molar-refractivity contribution in [2.45, 2.75) is 50.0 Å². The van der Waals surface area contributed by atoms with Gasteiger partial charge in [0.25, 0.3) is 0 Å². The Kier molecular flexibility index (Phi) is 3.57. The second kappa shape index (κ2) is 5.46. The van der Waals surface area contributed by atoms with Gasteiger partial charge in [-0.15, -0.1) is 0 Å². The highest BCUT2D eigenvalue weighted by Gasteiger charge is 2.27. The smallest absolute Gasteiger partial charge is 0.147 e. The van der Waals surface area contributed by atoms with Crippen LogP contribution in [0.4, 0.5) is 4.39 Å². The van der Waals surface area contributed by atoms with Gasteiger partial charge in [0, 0.05) is 18.5 Å². The van der Waals surface area contributed by atoms with Crippen LogP contribution in [0.1, 0.15) is 49.1 Å². The van der Waals surface area contributed by atoms with Gasteiger partial charge in [0.05, 0.1) is 5.52 Å². The maximum absolute atomic E-state index is 14.3. The third-order valence-corrected chi connectivity index (χ3v) is 6.52. The number of nitrogens with one attached hydrogen (secondary N) is 1. The Balaban J connectivity index is 1.82. The number of fused-ring (bicyclic) bond motifs is 1. The fourth-order valence-electron chi connectivity index (χ4n) is 3.71. The predicted molar refractivity (Wildman–Crippen MR) is 86.8 cm³/mol. The molecule has 4 rings (SSSR count). The number of aryl methyl sites for hydroxylation is 1. The first-order chi connectivity index (χ1) is 10.6. The molecular formula is C17H21FN2OS. The van der Waals surface area contributed by atoms with Crippen LogP contribution in [0.2, 0.25) is 0 Å². The number of hydrogen-bond acceptors (Lipinski definition) is 1. The minimum Gasteiger partial charge on any atom is -0.344 e. The summed E-state index contributed by atoms with van der Waals surface area (Å²) >= 11 is 0. The van der Waals surface area contributed by atoms with Crippen LogP contribution in [0.3, 0.4) is 0 Å². The van der Waals surface area contributed by atoms with Gasteiger partial charge in [-0.2, -0.15) is 0 Å². The normalized spacial score (nSPS) is 21.4. The van der Waals surface area contributed by atoms with Gasteiger partial charge in [0.2, 0.25) is 0 Å². The number of benzene rings is 1. The average molecular weight is 320 g/mol. The molecule has 2 aliphatic rings. The van der Waals surface area contributed by atoms with Crippen molar-refractivity contribution >= 4 is 21.9 Å². The van der Waals surface area contributed by atoms with Crippen molar-refractivity contribution in [2.75, 3.05) is 13.1 Å². The molecule has 1 N–H and O–H groups in total. The Hall–Kier alpha value is -1.20. The highest BCUT2D eigenvalue weighted by atomic mass is 32.2. The van der Waals surface area contributed by atoms with Crippen molar-refractivity contribution in [3.05, 3.63) is 29.1 Å². The fourth-order valence-corrected chi connectivity index (χ4v) is 4.99. The van der Waals surface area contributed by atoms with Crippen LogP contribution >= 0.6 is 0 Å². The van der Waals surface area contributed by atoms with Crippen LogP contribution < -0.4 is 0 Å². The van der Waals surface area contributed by atoms with E-state index < -0.39 is 11.0 Å². The molecule has 5 heteroatoms. The lowest BCUT2D eigenvalue weighted by Gasteiger charge is -2.28. The van der Waals surface area contributed by atoms with E-state index in [2.05, 4.69) is 4.98 Å². The van der Waals surface area contributed by atoms with Gasteiger partial charge in [-0.1, -0.05) is 6.42 Å². The lowest BCUT2D eigenvalue weighted by molar-refractivity contribution is 0.420. The monoisotopic (exact) mass is 320 g/mol. The highest BCUT2D eigenvalue weighted by Crippen LogP contribution is 2.42. The molecule has 1 aromatic heterocycles. The first kappa shape index (κ1) is 14.4. The molecule has 2 aromatic rings. The number of aromatic amines is 1. The van der Waals surface area contributed by atoms with Gasteiger partial charge in [-0.05, 0) is 61.8 Å². The third-order valence-electron chi connectivity index (χ3n) is 5.09. The topological polar surface area (TPSA) is 36.1 Å². The SMILES string of the molecule is Cc1cc(F)c2[nH]c(S(=O)N3CCCC3)cc2c1C1CCC1. The van der Waals surface area contributed by atoms with Crippen LogP contribution in [0.5, 0.6) is 0 Å². The van der Waals surface area contributed by atoms with E-state index in [1.165, 1.54) is 24.8 Å². The number of rotatable bonds is 3. The van der Waals surface area contributed by atoms with Gasteiger partial charge in [-0.25, -0.2) is 12.9 Å². The number of hydrogen-bond donors (Lipinski definition) is 1. The van der Waals surface area contributed by atoms with E-state index in [-0.39, 0.29) is 5.82 Å². The molecule has 0 radical (unpaired) electrons. The minimum absolute atomic E-state index is 0.236. The standard InChI is InChI=1S/C17H21FN2OS/c1-11-9-14(18)17-13(16(11)12-5-4-6-12)10-15(19-17)22(21)20-7-2-3-8-20/h9-10,12,19H,2-8H2,1H3. The van der Waals surface area contributed by atoms with E-state index in [1.54, 1.807) is 6.07 Å². The molecule has 1 atom stereocenters. The summed E-state index contributed by atoms with van der Waals surface area (Å²) in [5.74, 6) is 0.298. The van der Waals surface area contributed by atoms with Crippen LogP contribution in [-0.2, 0) is 11.0 Å². The zero-order valence-corrected chi connectivity index (χ0v) is 13.6. The van der Waals surface area contributed by atoms with Crippen LogP contribution in [0.25, 0.3) is 10.9 Å². The van der Waals surface area contributed by atoms with Crippen LogP contribution in [0, 0.1) is 12.7 Å². The van der Waals surface area contributed by atoms with E-state index in [1.807, 2.05) is 17.3 Å². The quantitative estimate of drug-likeness (QED) is 0.911. The summed E-state index contributed by atoms with van der Waals surface area (Å²) in [4.78, 5) is 3.09. The molecule has 22 heavy (non-hydrogen) atoms. The summed E-state index contributed by atoms with van der Waals surface area (Å²) in [5, 5.41) is 1.58. The Morgan fingerprint density at radius 3 is 2.59 bits per heavy atom. The van der Waals surface area contributed by atoms with Gasteiger partial charge in [0.1, 0.15) is 21.8 Å². The molecule has 1 aromatic carbocycles. The Bertz CT molecular complexity index is 745. The molecule has 118 valence electrons. The highest BCUT2D eigenvalue weighted by molar-refractivity contribution is 7.82. The van der Waals surface area contributed by atoms with Gasteiger partial charge in [0.15, 0.2) is 0 Å². The third kappa shape index (κ3) is 2.22. The predicted octanol–water partition coefficient (Wildman–Crippen LogP) is 4.00. The van der Waals surface area contributed by atoms with Gasteiger partial charge < -0.3 is 4.98 Å². The van der Waals surface area contributed by atoms with Crippen LogP contribution in [0.15, 0.2) is 17.2 Å². The Morgan fingerprint density at radius 1 is 1.23 bits per heavy atom. The second-order valence-corrected chi connectivity index (χ2v) is 7.98. The largest absolute Gasteiger partial charge is 0.344 e. The molecule has 1 saturated carbocycles. The average Bonchev–Trinajstić information content (AvgIpc) is 3.09. The summed E-state index contributed by atoms with van der Waals surface area (Å²) < 4.78 is 29.0. The fraction of sp³-hybridized carbons (Fsp3) is 0.529. The first-order valence-corrected chi connectivity index (χ1v) is 9.24. The van der Waals surface area contributed by atoms with E-state index in [0.717, 1.165) is 36.9 Å². The zero-order chi connectivity index (χ0) is 15.3. The minimum atomic E-state index is -1.20. The second-order valence-electron chi connectivity index (χ2n) is 6.52. The maximum Gasteiger partial charge on any atom is 0.147 e. The molecule has 0 amide bonds. The van der Waals surface area contributed by atoms with Crippen LogP contribution in [-0.4, -0.2) is 26.6 Å². The molecule has 1 aliphatic carbocycles. The van der Waals surface area contributed by atoms with Crippen molar-refractivity contribution in [3.63, 3.8) is 0 Å². The van der Waals surface area contributed by atoms with Crippen molar-refractivity contribution < 1.29 is 8.60 Å². The Labute approximate surface area is 132 Å². The molecule has 2 fully saturated rings. The lowest BCUT2D eigenvalue weighted by Crippen LogP contribution is -2.22. The summed E-state index contributed by atoms with van der Waals surface area (Å²) in [5.41, 5.74) is 2.80. The summed E-state index contributed by atoms with van der Waals surface area (Å²) in [6.45, 7) is 3.71. The number of halogens is 1. The number of aromatic nitrogens is 1. The van der Waals surface area contributed by atoms with Crippen molar-refractivity contribution in [2.24, 2.45) is 0 Å². The molecule has 1 unspecified atom stereocenters. The van der Waals surface area contributed by atoms with Gasteiger partial charge in [-0.3, -0.25) is 0 Å². The van der Waals surface area contributed by atoms with E-state index in [4.69, 9.17) is 0 Å². The van der Waals surface area contributed by atoms with Crippen molar-refractivity contribution in [3.8, 4) is 0 Å².